The molecule has 20 aromatic rings. The van der Waals surface area contributed by atoms with Crippen molar-refractivity contribution >= 4 is 126 Å². The first-order chi connectivity index (χ1) is 55.5. The van der Waals surface area contributed by atoms with Gasteiger partial charge in [0.05, 0.1) is 45.0 Å². The standard InChI is InChI=1S/C50H34N2.C37H31BN2O2.C19H15Br/c1-50(2)42-28-24-32-14-9-11-19-37(32)45(42)41-27-23-35(29-43(41)50)36-22-25-39-40-26-21-31-13-10-12-20-38(31)46(40)49-51-47(33-15-5-3-6-16-33)48(52(49)44(39)30-36)34-17-7-4-8-18-34;1-36(2)37(3,4)42-38(41-36)27-20-22-29-30-21-19-24-13-11-12-18-28(24)32(30)35-39-33(25-14-7-5-8-15-25)34(40(35)31(29)23-27)26-16-9-6-10-17-26;1-19(2)16-10-7-12-5-3-4-6-14(12)18(16)15-9-8-13(20)11-17(15)19/h3-30H,1-2H3;5-23H,1-4H3;3-11H,1-2H3. The Kier molecular flexibility index (Phi) is 16.0. The highest BCUT2D eigenvalue weighted by atomic mass is 79.9. The van der Waals surface area contributed by atoms with Gasteiger partial charge in [0.15, 0.2) is 0 Å². The number of aromatic nitrogens is 4. The Balaban J connectivity index is 0.000000117. The monoisotopic (exact) mass is 1530 g/mol. The first-order valence-corrected chi connectivity index (χ1v) is 40.4. The highest BCUT2D eigenvalue weighted by molar-refractivity contribution is 9.10. The van der Waals surface area contributed by atoms with Crippen LogP contribution in [0.1, 0.15) is 77.6 Å². The number of hydrogen-bond acceptors (Lipinski definition) is 4. The summed E-state index contributed by atoms with van der Waals surface area (Å²) in [5, 5.41) is 17.2. The van der Waals surface area contributed by atoms with Crippen molar-refractivity contribution in [1.29, 1.82) is 0 Å². The summed E-state index contributed by atoms with van der Waals surface area (Å²) in [6.45, 7) is 17.8. The second-order valence-corrected chi connectivity index (χ2v) is 33.9. The van der Waals surface area contributed by atoms with E-state index in [2.05, 4.69) is 420 Å². The Bertz CT molecular complexity index is 7350. The summed E-state index contributed by atoms with van der Waals surface area (Å²) in [5.41, 5.74) is 26.4. The lowest BCUT2D eigenvalue weighted by Crippen LogP contribution is -2.41. The predicted molar refractivity (Wildman–Crippen MR) is 483 cm³/mol. The highest BCUT2D eigenvalue weighted by Crippen LogP contribution is 2.55. The zero-order valence-electron chi connectivity index (χ0n) is 64.9. The van der Waals surface area contributed by atoms with E-state index in [-0.39, 0.29) is 10.8 Å². The van der Waals surface area contributed by atoms with Crippen LogP contribution in [0, 0.1) is 0 Å². The fourth-order valence-electron chi connectivity index (χ4n) is 18.8. The maximum atomic E-state index is 6.50. The van der Waals surface area contributed by atoms with E-state index in [9.17, 15) is 0 Å². The smallest absolute Gasteiger partial charge is 0.399 e. The minimum atomic E-state index is -0.459. The summed E-state index contributed by atoms with van der Waals surface area (Å²) in [5.74, 6) is 0. The Morgan fingerprint density at radius 3 is 1.12 bits per heavy atom. The molecule has 0 unspecified atom stereocenters. The van der Waals surface area contributed by atoms with Gasteiger partial charge in [-0.05, 0) is 173 Å². The maximum absolute atomic E-state index is 6.50. The predicted octanol–water partition coefficient (Wildman–Crippen LogP) is 27.6. The first kappa shape index (κ1) is 69.4. The van der Waals surface area contributed by atoms with E-state index in [1.807, 2.05) is 0 Å². The minimum absolute atomic E-state index is 0.0679. The third-order valence-electron chi connectivity index (χ3n) is 25.3. The number of halogens is 1. The molecule has 8 heteroatoms. The number of benzene rings is 16. The minimum Gasteiger partial charge on any atom is -0.399 e. The number of fused-ring (bicyclic) bond motifs is 26. The Hall–Kier alpha value is -12.6. The second kappa shape index (κ2) is 26.3. The maximum Gasteiger partial charge on any atom is 0.494 e. The van der Waals surface area contributed by atoms with Crippen molar-refractivity contribution in [2.45, 2.75) is 77.4 Å². The highest BCUT2D eigenvalue weighted by Gasteiger charge is 2.52. The molecule has 1 saturated heterocycles. The van der Waals surface area contributed by atoms with E-state index in [0.717, 1.165) is 88.1 Å². The zero-order chi connectivity index (χ0) is 77.1. The second-order valence-electron chi connectivity index (χ2n) is 33.0. The van der Waals surface area contributed by atoms with Gasteiger partial charge in [-0.2, -0.15) is 0 Å². The molecule has 114 heavy (non-hydrogen) atoms. The van der Waals surface area contributed by atoms with E-state index in [4.69, 9.17) is 19.3 Å². The lowest BCUT2D eigenvalue weighted by molar-refractivity contribution is 0.00578. The molecule has 0 amide bonds. The zero-order valence-corrected chi connectivity index (χ0v) is 66.5. The van der Waals surface area contributed by atoms with Crippen LogP contribution < -0.4 is 5.46 Å². The molecule has 0 saturated carbocycles. The summed E-state index contributed by atoms with van der Waals surface area (Å²) in [6, 6.07) is 123. The molecule has 0 atom stereocenters. The molecule has 16 aromatic carbocycles. The molecule has 0 radical (unpaired) electrons. The topological polar surface area (TPSA) is 53.1 Å². The number of pyridine rings is 2. The molecule has 23 rings (SSSR count). The Morgan fingerprint density at radius 1 is 0.289 bits per heavy atom. The molecule has 4 aromatic heterocycles. The van der Waals surface area contributed by atoms with Crippen molar-refractivity contribution in [3.8, 4) is 78.4 Å². The van der Waals surface area contributed by atoms with Crippen LogP contribution in [0.3, 0.4) is 0 Å². The molecule has 1 fully saturated rings. The third kappa shape index (κ3) is 10.8. The van der Waals surface area contributed by atoms with Crippen molar-refractivity contribution in [3.05, 3.63) is 366 Å². The lowest BCUT2D eigenvalue weighted by atomic mass is 9.78. The van der Waals surface area contributed by atoms with Gasteiger partial charge in [-0.1, -0.05) is 353 Å². The SMILES string of the molecule is CC1(C)OB(c2ccc3c4ccc5ccccc5c4c4nc(-c5ccccc5)c(-c5ccccc5)n4c3c2)OC1(C)C.CC1(C)c2cc(-c3ccc4c5ccc6ccccc6c5c5nc(-c6ccccc6)c(-c6ccccc6)n5c4c3)ccc2-c2c1ccc1ccccc21.CC1(C)c2cc(Br)ccc2-c2c1ccc1ccccc21. The summed E-state index contributed by atoms with van der Waals surface area (Å²) in [7, 11) is -0.459. The van der Waals surface area contributed by atoms with Gasteiger partial charge < -0.3 is 9.31 Å². The van der Waals surface area contributed by atoms with Gasteiger partial charge in [-0.25, -0.2) is 9.97 Å². The average molecular weight is 1530 g/mol. The van der Waals surface area contributed by atoms with Crippen LogP contribution in [-0.2, 0) is 20.1 Å². The number of rotatable bonds is 6. The fraction of sp³-hybridized carbons (Fsp3) is 0.113. The van der Waals surface area contributed by atoms with Gasteiger partial charge in [0.1, 0.15) is 11.3 Å². The number of imidazole rings is 2. The van der Waals surface area contributed by atoms with Gasteiger partial charge in [0.25, 0.3) is 0 Å². The molecule has 546 valence electrons. The van der Waals surface area contributed by atoms with Crippen LogP contribution in [0.25, 0.3) is 176 Å². The van der Waals surface area contributed by atoms with Gasteiger partial charge >= 0.3 is 7.12 Å². The van der Waals surface area contributed by atoms with Crippen LogP contribution in [0.4, 0.5) is 0 Å². The van der Waals surface area contributed by atoms with E-state index >= 15 is 0 Å². The van der Waals surface area contributed by atoms with Crippen molar-refractivity contribution in [2.75, 3.05) is 0 Å². The quantitative estimate of drug-likeness (QED) is 0.123. The van der Waals surface area contributed by atoms with E-state index in [1.165, 1.54) is 120 Å². The average Bonchev–Trinajstić information content (AvgIpc) is 1.56. The summed E-state index contributed by atoms with van der Waals surface area (Å²) in [6.07, 6.45) is 0. The first-order valence-electron chi connectivity index (χ1n) is 39.6. The van der Waals surface area contributed by atoms with Crippen molar-refractivity contribution < 1.29 is 9.31 Å². The fourth-order valence-corrected chi connectivity index (χ4v) is 19.2. The molecular formula is C106H80BBrN4O2. The Morgan fingerprint density at radius 2 is 0.649 bits per heavy atom. The number of hydrogen-bond donors (Lipinski definition) is 0. The summed E-state index contributed by atoms with van der Waals surface area (Å²) < 4.78 is 18.9. The van der Waals surface area contributed by atoms with Gasteiger partial charge in [-0.15, -0.1) is 0 Å². The van der Waals surface area contributed by atoms with Crippen molar-refractivity contribution in [1.82, 2.24) is 18.8 Å². The van der Waals surface area contributed by atoms with Gasteiger partial charge in [0, 0.05) is 59.1 Å². The van der Waals surface area contributed by atoms with Crippen LogP contribution >= 0.6 is 15.9 Å². The van der Waals surface area contributed by atoms with E-state index in [0.29, 0.717) is 0 Å². The third-order valence-corrected chi connectivity index (χ3v) is 25.8. The molecule has 0 bridgehead atoms. The molecule has 3 aliphatic rings. The lowest BCUT2D eigenvalue weighted by Gasteiger charge is -2.32. The summed E-state index contributed by atoms with van der Waals surface area (Å²) in [4.78, 5) is 11.0. The molecule has 2 aliphatic carbocycles. The van der Waals surface area contributed by atoms with E-state index in [1.54, 1.807) is 0 Å². The van der Waals surface area contributed by atoms with Crippen LogP contribution in [0.15, 0.2) is 344 Å². The normalized spacial score (nSPS) is 14.7. The molecule has 5 heterocycles. The molecule has 0 N–H and O–H groups in total. The largest absolute Gasteiger partial charge is 0.494 e. The van der Waals surface area contributed by atoms with Crippen molar-refractivity contribution in [3.63, 3.8) is 0 Å². The van der Waals surface area contributed by atoms with Crippen molar-refractivity contribution in [2.24, 2.45) is 0 Å². The summed E-state index contributed by atoms with van der Waals surface area (Å²) >= 11 is 3.61. The van der Waals surface area contributed by atoms with Crippen LogP contribution in [0.5, 0.6) is 0 Å². The van der Waals surface area contributed by atoms with Crippen LogP contribution in [-0.4, -0.2) is 37.1 Å². The molecule has 6 nitrogen and oxygen atoms in total. The van der Waals surface area contributed by atoms with E-state index < -0.39 is 18.3 Å². The van der Waals surface area contributed by atoms with Crippen LogP contribution in [0.2, 0.25) is 0 Å². The van der Waals surface area contributed by atoms with Gasteiger partial charge in [0.2, 0.25) is 0 Å². The molecule has 0 spiro atoms. The Labute approximate surface area is 671 Å². The number of nitrogens with zero attached hydrogens (tertiary/aromatic N) is 4. The molecular weight excluding hydrogens is 1450 g/mol. The van der Waals surface area contributed by atoms with Gasteiger partial charge in [-0.3, -0.25) is 8.80 Å². The molecule has 1 aliphatic heterocycles.